The Morgan fingerprint density at radius 3 is 2.09 bits per heavy atom. The van der Waals surface area contributed by atoms with Gasteiger partial charge in [-0.2, -0.15) is 0 Å². The van der Waals surface area contributed by atoms with Gasteiger partial charge < -0.3 is 20.3 Å². The van der Waals surface area contributed by atoms with Gasteiger partial charge in [0.2, 0.25) is 0 Å². The fraction of sp³-hybridized carbons (Fsp3) is 0.529. The summed E-state index contributed by atoms with van der Waals surface area (Å²) in [6, 6.07) is 8.24. The molecule has 0 saturated heterocycles. The van der Waals surface area contributed by atoms with Crippen molar-refractivity contribution < 1.29 is 24.5 Å². The first-order valence-corrected chi connectivity index (χ1v) is 7.83. The molecule has 23 heavy (non-hydrogen) atoms. The SMILES string of the molecule is CCCCNCCCCOc1ccc(C)cc1.O=C(O)C(=O)O. The third-order valence-electron chi connectivity index (χ3n) is 2.93. The third kappa shape index (κ3) is 13.3. The van der Waals surface area contributed by atoms with Gasteiger partial charge in [-0.15, -0.1) is 0 Å². The van der Waals surface area contributed by atoms with Crippen molar-refractivity contribution >= 4 is 11.9 Å². The number of rotatable bonds is 9. The van der Waals surface area contributed by atoms with E-state index in [2.05, 4.69) is 31.3 Å². The quantitative estimate of drug-likeness (QED) is 0.477. The molecular weight excluding hydrogens is 298 g/mol. The van der Waals surface area contributed by atoms with E-state index in [0.717, 1.165) is 31.9 Å². The van der Waals surface area contributed by atoms with Gasteiger partial charge in [-0.25, -0.2) is 9.59 Å². The summed E-state index contributed by atoms with van der Waals surface area (Å²) in [4.78, 5) is 18.2. The summed E-state index contributed by atoms with van der Waals surface area (Å²) in [5.74, 6) is -2.67. The van der Waals surface area contributed by atoms with Crippen LogP contribution >= 0.6 is 0 Å². The summed E-state index contributed by atoms with van der Waals surface area (Å²) in [5, 5.41) is 18.2. The minimum atomic E-state index is -1.82. The Hall–Kier alpha value is -2.08. The molecule has 1 aromatic carbocycles. The Kier molecular flexibility index (Phi) is 12.3. The Labute approximate surface area is 137 Å². The number of carboxylic acids is 2. The van der Waals surface area contributed by atoms with E-state index >= 15 is 0 Å². The Morgan fingerprint density at radius 1 is 1.00 bits per heavy atom. The summed E-state index contributed by atoms with van der Waals surface area (Å²) < 4.78 is 5.66. The van der Waals surface area contributed by atoms with E-state index in [1.807, 2.05) is 12.1 Å². The average Bonchev–Trinajstić information content (AvgIpc) is 2.52. The summed E-state index contributed by atoms with van der Waals surface area (Å²) in [6.45, 7) is 7.38. The van der Waals surface area contributed by atoms with Crippen molar-refractivity contribution in [1.29, 1.82) is 0 Å². The van der Waals surface area contributed by atoms with Crippen molar-refractivity contribution in [2.75, 3.05) is 19.7 Å². The minimum absolute atomic E-state index is 0.818. The molecule has 1 aromatic rings. The van der Waals surface area contributed by atoms with E-state index in [0.29, 0.717) is 0 Å². The molecule has 0 aliphatic rings. The van der Waals surface area contributed by atoms with Crippen molar-refractivity contribution in [3.63, 3.8) is 0 Å². The molecule has 0 fully saturated rings. The zero-order valence-electron chi connectivity index (χ0n) is 13.9. The molecule has 0 radical (unpaired) electrons. The van der Waals surface area contributed by atoms with E-state index in [9.17, 15) is 0 Å². The fourth-order valence-electron chi connectivity index (χ4n) is 1.60. The van der Waals surface area contributed by atoms with Crippen LogP contribution in [0.15, 0.2) is 24.3 Å². The molecule has 130 valence electrons. The van der Waals surface area contributed by atoms with Gasteiger partial charge in [-0.3, -0.25) is 0 Å². The van der Waals surface area contributed by atoms with Gasteiger partial charge in [-0.1, -0.05) is 31.0 Å². The van der Waals surface area contributed by atoms with Crippen LogP contribution < -0.4 is 10.1 Å². The lowest BCUT2D eigenvalue weighted by molar-refractivity contribution is -0.159. The van der Waals surface area contributed by atoms with Gasteiger partial charge in [0.05, 0.1) is 6.61 Å². The molecule has 0 spiro atoms. The highest BCUT2D eigenvalue weighted by Crippen LogP contribution is 2.11. The van der Waals surface area contributed by atoms with E-state index in [-0.39, 0.29) is 0 Å². The van der Waals surface area contributed by atoms with Crippen LogP contribution in [0.4, 0.5) is 0 Å². The van der Waals surface area contributed by atoms with Gasteiger partial charge in [-0.05, 0) is 51.4 Å². The van der Waals surface area contributed by atoms with Crippen molar-refractivity contribution in [3.05, 3.63) is 29.8 Å². The number of carboxylic acid groups (broad SMARTS) is 2. The number of hydrogen-bond donors (Lipinski definition) is 3. The summed E-state index contributed by atoms with van der Waals surface area (Å²) in [6.07, 6.45) is 4.85. The zero-order valence-corrected chi connectivity index (χ0v) is 13.9. The Morgan fingerprint density at radius 2 is 1.57 bits per heavy atom. The molecule has 0 aliphatic carbocycles. The predicted octanol–water partition coefficient (Wildman–Crippen LogP) is 2.70. The van der Waals surface area contributed by atoms with Crippen LogP contribution in [-0.2, 0) is 9.59 Å². The maximum atomic E-state index is 9.10. The Balaban J connectivity index is 0.000000688. The smallest absolute Gasteiger partial charge is 0.414 e. The molecule has 6 nitrogen and oxygen atoms in total. The Bertz CT molecular complexity index is 433. The van der Waals surface area contributed by atoms with E-state index in [4.69, 9.17) is 24.5 Å². The van der Waals surface area contributed by atoms with Gasteiger partial charge in [0, 0.05) is 0 Å². The average molecular weight is 325 g/mol. The van der Waals surface area contributed by atoms with Crippen LogP contribution in [0.3, 0.4) is 0 Å². The highest BCUT2D eigenvalue weighted by Gasteiger charge is 2.04. The summed E-state index contributed by atoms with van der Waals surface area (Å²) in [5.41, 5.74) is 1.28. The number of aliphatic carboxylic acids is 2. The van der Waals surface area contributed by atoms with Crippen LogP contribution in [0.25, 0.3) is 0 Å². The maximum Gasteiger partial charge on any atom is 0.414 e. The van der Waals surface area contributed by atoms with Gasteiger partial charge in [0.15, 0.2) is 0 Å². The second-order valence-corrected chi connectivity index (χ2v) is 5.08. The van der Waals surface area contributed by atoms with E-state index in [1.165, 1.54) is 24.8 Å². The van der Waals surface area contributed by atoms with Crippen molar-refractivity contribution in [2.24, 2.45) is 0 Å². The molecule has 0 amide bonds. The topological polar surface area (TPSA) is 95.9 Å². The van der Waals surface area contributed by atoms with E-state index < -0.39 is 11.9 Å². The van der Waals surface area contributed by atoms with Crippen LogP contribution in [0, 0.1) is 6.92 Å². The monoisotopic (exact) mass is 325 g/mol. The number of benzene rings is 1. The largest absolute Gasteiger partial charge is 0.494 e. The lowest BCUT2D eigenvalue weighted by atomic mass is 10.2. The molecule has 0 unspecified atom stereocenters. The molecule has 0 aliphatic heterocycles. The van der Waals surface area contributed by atoms with Crippen LogP contribution in [-0.4, -0.2) is 41.8 Å². The highest BCUT2D eigenvalue weighted by molar-refractivity contribution is 6.27. The molecule has 1 rings (SSSR count). The van der Waals surface area contributed by atoms with Crippen LogP contribution in [0.1, 0.15) is 38.2 Å². The van der Waals surface area contributed by atoms with Gasteiger partial charge in [0.25, 0.3) is 0 Å². The number of unbranched alkanes of at least 4 members (excludes halogenated alkanes) is 2. The molecule has 6 heteroatoms. The second kappa shape index (κ2) is 13.6. The normalized spacial score (nSPS) is 9.65. The second-order valence-electron chi connectivity index (χ2n) is 5.08. The summed E-state index contributed by atoms with van der Waals surface area (Å²) in [7, 11) is 0. The number of aryl methyl sites for hydroxylation is 1. The standard InChI is InChI=1S/C15H25NO.C2H2O4/c1-3-4-11-16-12-5-6-13-17-15-9-7-14(2)8-10-15;3-1(4)2(5)6/h7-10,16H,3-6,11-13H2,1-2H3;(H,3,4)(H,5,6). The van der Waals surface area contributed by atoms with Crippen molar-refractivity contribution in [1.82, 2.24) is 5.32 Å². The molecule has 3 N–H and O–H groups in total. The molecule has 0 atom stereocenters. The lowest BCUT2D eigenvalue weighted by Crippen LogP contribution is -2.17. The first kappa shape index (κ1) is 20.9. The number of hydrogen-bond acceptors (Lipinski definition) is 4. The molecule has 0 heterocycles. The number of nitrogens with one attached hydrogen (secondary N) is 1. The van der Waals surface area contributed by atoms with E-state index in [1.54, 1.807) is 0 Å². The molecule has 0 bridgehead atoms. The predicted molar refractivity (Wildman–Crippen MR) is 89.0 cm³/mol. The van der Waals surface area contributed by atoms with Crippen molar-refractivity contribution in [3.8, 4) is 5.75 Å². The molecular formula is C17H27NO5. The number of ether oxygens (including phenoxy) is 1. The van der Waals surface area contributed by atoms with Crippen LogP contribution in [0.5, 0.6) is 5.75 Å². The van der Waals surface area contributed by atoms with Gasteiger partial charge >= 0.3 is 11.9 Å². The zero-order chi connectivity index (χ0) is 17.5. The molecule has 0 saturated carbocycles. The maximum absolute atomic E-state index is 9.10. The first-order valence-electron chi connectivity index (χ1n) is 7.83. The number of carbonyl (C=O) groups is 2. The first-order chi connectivity index (χ1) is 11.0. The van der Waals surface area contributed by atoms with Crippen LogP contribution in [0.2, 0.25) is 0 Å². The van der Waals surface area contributed by atoms with Gasteiger partial charge in [0.1, 0.15) is 5.75 Å². The fourth-order valence-corrected chi connectivity index (χ4v) is 1.60. The summed E-state index contributed by atoms with van der Waals surface area (Å²) >= 11 is 0. The molecule has 0 aromatic heterocycles. The van der Waals surface area contributed by atoms with Crippen molar-refractivity contribution in [2.45, 2.75) is 39.5 Å². The third-order valence-corrected chi connectivity index (χ3v) is 2.93. The lowest BCUT2D eigenvalue weighted by Gasteiger charge is -2.07. The highest BCUT2D eigenvalue weighted by atomic mass is 16.5. The minimum Gasteiger partial charge on any atom is -0.494 e.